The van der Waals surface area contributed by atoms with E-state index in [2.05, 4.69) is 10.3 Å². The smallest absolute Gasteiger partial charge is 0.266 e. The van der Waals surface area contributed by atoms with Crippen molar-refractivity contribution in [1.29, 1.82) is 0 Å². The number of aromatic nitrogens is 1. The van der Waals surface area contributed by atoms with Crippen molar-refractivity contribution < 1.29 is 18.7 Å². The molecule has 0 radical (unpaired) electrons. The average Bonchev–Trinajstić information content (AvgIpc) is 3.29. The zero-order chi connectivity index (χ0) is 26.1. The highest BCUT2D eigenvalue weighted by Gasteiger charge is 2.33. The van der Waals surface area contributed by atoms with E-state index in [9.17, 15) is 18.7 Å². The fraction of sp³-hybridized carbons (Fsp3) is 0.286. The largest absolute Gasteiger partial charge is 0.508 e. The normalized spacial score (nSPS) is 16.8. The standard InChI is InChI=1S/C28H26ClF2N3O2S.2ClH/c1-32-19-3-5-20(6-4-19)34(15-18-14-17(2-9-23(18)35)16-10-12-33-13-11-16)28(36)27-25(29)24-21(30)7-8-22(31)26(24)37-27;;/h2,7-14,19-20,32,35H,3-6,15H2,1H3;2*1H. The van der Waals surface area contributed by atoms with Gasteiger partial charge < -0.3 is 15.3 Å². The molecule has 2 aromatic heterocycles. The van der Waals surface area contributed by atoms with Crippen molar-refractivity contribution in [1.82, 2.24) is 15.2 Å². The Hall–Kier alpha value is -2.49. The second kappa shape index (κ2) is 13.2. The Kier molecular flexibility index (Phi) is 10.5. The number of carbonyl (C=O) groups is 1. The lowest BCUT2D eigenvalue weighted by Crippen LogP contribution is -2.44. The Labute approximate surface area is 247 Å². The molecule has 2 heterocycles. The molecule has 0 bridgehead atoms. The quantitative estimate of drug-likeness (QED) is 0.235. The molecule has 11 heteroatoms. The van der Waals surface area contributed by atoms with Crippen molar-refractivity contribution >= 4 is 63.7 Å². The number of amides is 1. The molecule has 2 aromatic carbocycles. The number of halogens is 5. The van der Waals surface area contributed by atoms with Gasteiger partial charge in [0.15, 0.2) is 0 Å². The number of phenols is 1. The van der Waals surface area contributed by atoms with Crippen molar-refractivity contribution in [3.05, 3.63) is 82.0 Å². The Morgan fingerprint density at radius 1 is 1.05 bits per heavy atom. The molecule has 1 amide bonds. The summed E-state index contributed by atoms with van der Waals surface area (Å²) in [5, 5.41) is 13.9. The Bertz CT molecular complexity index is 1450. The fourth-order valence-electron chi connectivity index (χ4n) is 5.03. The van der Waals surface area contributed by atoms with Crippen LogP contribution in [-0.2, 0) is 6.54 Å². The number of hydrogen-bond acceptors (Lipinski definition) is 5. The molecule has 2 N–H and O–H groups in total. The minimum Gasteiger partial charge on any atom is -0.508 e. The van der Waals surface area contributed by atoms with Crippen molar-refractivity contribution in [2.45, 2.75) is 44.3 Å². The van der Waals surface area contributed by atoms with E-state index in [4.69, 9.17) is 11.6 Å². The summed E-state index contributed by atoms with van der Waals surface area (Å²) in [6.07, 6.45) is 6.68. The van der Waals surface area contributed by atoms with Crippen LogP contribution in [0.5, 0.6) is 5.75 Å². The maximum absolute atomic E-state index is 14.5. The lowest BCUT2D eigenvalue weighted by Gasteiger charge is -2.37. The Balaban J connectivity index is 0.00000210. The molecule has 208 valence electrons. The van der Waals surface area contributed by atoms with Gasteiger partial charge in [-0.15, -0.1) is 36.2 Å². The maximum atomic E-state index is 14.5. The van der Waals surface area contributed by atoms with E-state index in [1.807, 2.05) is 31.3 Å². The van der Waals surface area contributed by atoms with E-state index in [0.29, 0.717) is 11.6 Å². The Morgan fingerprint density at radius 2 is 1.72 bits per heavy atom. The number of phenolic OH excluding ortho intramolecular Hbond substituents is 1. The van der Waals surface area contributed by atoms with Crippen molar-refractivity contribution in [3.63, 3.8) is 0 Å². The van der Waals surface area contributed by atoms with Crippen LogP contribution >= 0.6 is 47.8 Å². The number of carbonyl (C=O) groups excluding carboxylic acids is 1. The number of nitrogens with zero attached hydrogens (tertiary/aromatic N) is 2. The first-order valence-electron chi connectivity index (χ1n) is 12.1. The number of aromatic hydroxyl groups is 1. The van der Waals surface area contributed by atoms with Gasteiger partial charge in [-0.25, -0.2) is 8.78 Å². The van der Waals surface area contributed by atoms with E-state index in [-0.39, 0.29) is 63.1 Å². The second-order valence-electron chi connectivity index (χ2n) is 9.29. The van der Waals surface area contributed by atoms with Gasteiger partial charge in [0, 0.05) is 36.6 Å². The number of hydrogen-bond donors (Lipinski definition) is 2. The highest BCUT2D eigenvalue weighted by atomic mass is 35.5. The topological polar surface area (TPSA) is 65.5 Å². The molecule has 5 rings (SSSR count). The summed E-state index contributed by atoms with van der Waals surface area (Å²) in [6, 6.07) is 11.3. The van der Waals surface area contributed by atoms with Crippen molar-refractivity contribution in [2.24, 2.45) is 0 Å². The number of thiophene rings is 1. The first kappa shape index (κ1) is 31.0. The van der Waals surface area contributed by atoms with E-state index < -0.39 is 17.5 Å². The highest BCUT2D eigenvalue weighted by molar-refractivity contribution is 7.21. The summed E-state index contributed by atoms with van der Waals surface area (Å²) >= 11 is 7.35. The first-order chi connectivity index (χ1) is 17.9. The number of pyridine rings is 1. The molecule has 0 atom stereocenters. The average molecular weight is 615 g/mol. The molecule has 1 fully saturated rings. The van der Waals surface area contributed by atoms with Gasteiger partial charge in [-0.2, -0.15) is 0 Å². The molecule has 4 aromatic rings. The van der Waals surface area contributed by atoms with Crippen LogP contribution in [0.25, 0.3) is 21.2 Å². The van der Waals surface area contributed by atoms with E-state index in [0.717, 1.165) is 60.3 Å². The predicted octanol–water partition coefficient (Wildman–Crippen LogP) is 7.62. The number of benzene rings is 2. The SMILES string of the molecule is CNC1CCC(N(Cc2cc(-c3ccncc3)ccc2O)C(=O)c2sc3c(F)ccc(F)c3c2Cl)CC1.Cl.Cl. The summed E-state index contributed by atoms with van der Waals surface area (Å²) in [5.74, 6) is -1.61. The van der Waals surface area contributed by atoms with Gasteiger partial charge in [0.2, 0.25) is 0 Å². The fourth-order valence-corrected chi connectivity index (χ4v) is 6.53. The molecule has 0 saturated heterocycles. The van der Waals surface area contributed by atoms with Crippen molar-refractivity contribution in [3.8, 4) is 16.9 Å². The molecule has 0 aliphatic heterocycles. The molecule has 39 heavy (non-hydrogen) atoms. The molecule has 5 nitrogen and oxygen atoms in total. The number of fused-ring (bicyclic) bond motifs is 1. The van der Waals surface area contributed by atoms with Crippen LogP contribution < -0.4 is 5.32 Å². The van der Waals surface area contributed by atoms with Gasteiger partial charge in [0.1, 0.15) is 22.3 Å². The zero-order valence-electron chi connectivity index (χ0n) is 21.0. The van der Waals surface area contributed by atoms with Crippen LogP contribution in [0.3, 0.4) is 0 Å². The third-order valence-electron chi connectivity index (χ3n) is 7.12. The van der Waals surface area contributed by atoms with E-state index in [1.54, 1.807) is 23.4 Å². The minimum absolute atomic E-state index is 0. The highest BCUT2D eigenvalue weighted by Crippen LogP contribution is 2.40. The van der Waals surface area contributed by atoms with Gasteiger partial charge in [-0.3, -0.25) is 9.78 Å². The number of nitrogens with one attached hydrogen (secondary N) is 1. The van der Waals surface area contributed by atoms with Crippen LogP contribution in [0, 0.1) is 11.6 Å². The molecular weight excluding hydrogens is 587 g/mol. The summed E-state index contributed by atoms with van der Waals surface area (Å²) < 4.78 is 29.0. The van der Waals surface area contributed by atoms with Crippen LogP contribution in [0.1, 0.15) is 40.9 Å². The van der Waals surface area contributed by atoms with Gasteiger partial charge in [-0.05, 0) is 80.3 Å². The molecule has 0 unspecified atom stereocenters. The minimum atomic E-state index is -0.666. The second-order valence-corrected chi connectivity index (χ2v) is 10.7. The summed E-state index contributed by atoms with van der Waals surface area (Å²) in [6.45, 7) is 0.133. The monoisotopic (exact) mass is 613 g/mol. The van der Waals surface area contributed by atoms with Crippen molar-refractivity contribution in [2.75, 3.05) is 7.05 Å². The number of rotatable bonds is 6. The molecular formula is C28H28Cl3F2N3O2S. The van der Waals surface area contributed by atoms with Gasteiger partial charge in [0.25, 0.3) is 5.91 Å². The zero-order valence-corrected chi connectivity index (χ0v) is 24.2. The van der Waals surface area contributed by atoms with Crippen LogP contribution in [0.4, 0.5) is 8.78 Å². The molecule has 0 spiro atoms. The third-order valence-corrected chi connectivity index (χ3v) is 8.79. The van der Waals surface area contributed by atoms with Crippen LogP contribution in [0.15, 0.2) is 54.9 Å². The van der Waals surface area contributed by atoms with Crippen LogP contribution in [-0.4, -0.2) is 40.0 Å². The first-order valence-corrected chi connectivity index (χ1v) is 13.3. The lowest BCUT2D eigenvalue weighted by molar-refractivity contribution is 0.0605. The third kappa shape index (κ3) is 6.31. The van der Waals surface area contributed by atoms with Gasteiger partial charge in [0.05, 0.1) is 15.1 Å². The van der Waals surface area contributed by atoms with E-state index >= 15 is 0 Å². The lowest BCUT2D eigenvalue weighted by atomic mass is 9.89. The summed E-state index contributed by atoms with van der Waals surface area (Å²) in [7, 11) is 1.93. The summed E-state index contributed by atoms with van der Waals surface area (Å²) in [4.78, 5) is 19.8. The summed E-state index contributed by atoms with van der Waals surface area (Å²) in [5.41, 5.74) is 2.39. The van der Waals surface area contributed by atoms with Gasteiger partial charge >= 0.3 is 0 Å². The predicted molar refractivity (Wildman–Crippen MR) is 158 cm³/mol. The molecule has 1 aliphatic rings. The van der Waals surface area contributed by atoms with Crippen LogP contribution in [0.2, 0.25) is 5.02 Å². The van der Waals surface area contributed by atoms with E-state index in [1.165, 1.54) is 0 Å². The molecule has 1 saturated carbocycles. The molecule has 1 aliphatic carbocycles. The maximum Gasteiger partial charge on any atom is 0.266 e. The van der Waals surface area contributed by atoms with Gasteiger partial charge in [-0.1, -0.05) is 17.7 Å². The Morgan fingerprint density at radius 3 is 2.36 bits per heavy atom.